The van der Waals surface area contributed by atoms with Crippen LogP contribution in [0.5, 0.6) is 23.0 Å². The van der Waals surface area contributed by atoms with E-state index in [-0.39, 0.29) is 18.3 Å². The summed E-state index contributed by atoms with van der Waals surface area (Å²) in [5.41, 5.74) is 3.33. The lowest BCUT2D eigenvalue weighted by molar-refractivity contribution is -0.135. The van der Waals surface area contributed by atoms with Gasteiger partial charge in [0.15, 0.2) is 0 Å². The van der Waals surface area contributed by atoms with E-state index in [1.165, 1.54) is 37.8 Å². The fourth-order valence-electron chi connectivity index (χ4n) is 5.01. The van der Waals surface area contributed by atoms with Crippen molar-refractivity contribution < 1.29 is 38.5 Å². The average Bonchev–Trinajstić information content (AvgIpc) is 3.18. The predicted molar refractivity (Wildman–Crippen MR) is 209 cm³/mol. The summed E-state index contributed by atoms with van der Waals surface area (Å²) in [7, 11) is 0. The van der Waals surface area contributed by atoms with E-state index in [9.17, 15) is 19.2 Å². The molecule has 3 N–H and O–H groups in total. The van der Waals surface area contributed by atoms with E-state index in [2.05, 4.69) is 17.6 Å². The second kappa shape index (κ2) is 21.8. The Labute approximate surface area is 316 Å². The molecule has 10 nitrogen and oxygen atoms in total. The van der Waals surface area contributed by atoms with Crippen molar-refractivity contribution in [1.29, 1.82) is 0 Å². The lowest BCUT2D eigenvalue weighted by Crippen LogP contribution is -2.29. The monoisotopic (exact) mass is 730 g/mol. The van der Waals surface area contributed by atoms with Gasteiger partial charge in [-0.2, -0.15) is 0 Å². The fourth-order valence-corrected chi connectivity index (χ4v) is 5.01. The highest BCUT2D eigenvalue weighted by atomic mass is 16.5. The van der Waals surface area contributed by atoms with Crippen LogP contribution in [0, 0.1) is 6.92 Å². The van der Waals surface area contributed by atoms with Gasteiger partial charge in [-0.25, -0.2) is 4.79 Å². The van der Waals surface area contributed by atoms with Crippen LogP contribution in [0.15, 0.2) is 127 Å². The van der Waals surface area contributed by atoms with Crippen molar-refractivity contribution in [2.45, 2.75) is 52.4 Å². The van der Waals surface area contributed by atoms with Gasteiger partial charge in [0.1, 0.15) is 29.5 Å². The van der Waals surface area contributed by atoms with E-state index in [1.807, 2.05) is 73.7 Å². The molecule has 0 unspecified atom stereocenters. The Hall–Kier alpha value is -6.42. The summed E-state index contributed by atoms with van der Waals surface area (Å²) in [6.45, 7) is 4.47. The molecule has 0 spiro atoms. The number of benzene rings is 5. The number of carboxylic acid groups (broad SMARTS) is 1. The zero-order valence-corrected chi connectivity index (χ0v) is 30.6. The fraction of sp³-hybridized carbons (Fsp3) is 0.227. The van der Waals surface area contributed by atoms with Crippen LogP contribution in [0.3, 0.4) is 0 Å². The van der Waals surface area contributed by atoms with E-state index in [1.54, 1.807) is 48.5 Å². The lowest BCUT2D eigenvalue weighted by atomic mass is 10.1. The number of hydrogen-bond donors (Lipinski definition) is 3. The van der Waals surface area contributed by atoms with Crippen molar-refractivity contribution in [2.24, 2.45) is 0 Å². The first-order valence-electron chi connectivity index (χ1n) is 17.9. The standard InChI is InChI=1S/C23H20N2O5.C21H26O3/c26-21(25-18-10-8-17(9-11-18)23(29)24-15-22(27)28)14-16-6-12-20(13-7-16)30-19-4-2-1-3-5-19;1-3-4-5-6-7-16-23-19-14-10-18(11-15-19)21(22)24-20-12-8-17(2)9-13-20/h1-13H,14-15H2,(H,24,29)(H,25,26)(H,27,28);8-15H,3-7,16H2,1-2H3. The second-order valence-electron chi connectivity index (χ2n) is 12.4. The molecule has 0 aliphatic carbocycles. The summed E-state index contributed by atoms with van der Waals surface area (Å²) in [6.07, 6.45) is 6.26. The van der Waals surface area contributed by atoms with Crippen LogP contribution in [0.2, 0.25) is 0 Å². The molecule has 0 saturated carbocycles. The Kier molecular flexibility index (Phi) is 16.3. The van der Waals surface area contributed by atoms with Crippen LogP contribution in [0.25, 0.3) is 0 Å². The van der Waals surface area contributed by atoms with Crippen molar-refractivity contribution in [3.05, 3.63) is 150 Å². The van der Waals surface area contributed by atoms with Crippen LogP contribution >= 0.6 is 0 Å². The molecule has 10 heteroatoms. The summed E-state index contributed by atoms with van der Waals surface area (Å²) < 4.78 is 16.8. The lowest BCUT2D eigenvalue weighted by Gasteiger charge is -2.08. The van der Waals surface area contributed by atoms with Gasteiger partial charge in [-0.1, -0.05) is 80.6 Å². The van der Waals surface area contributed by atoms with E-state index < -0.39 is 18.4 Å². The third-order valence-corrected chi connectivity index (χ3v) is 7.94. The zero-order valence-electron chi connectivity index (χ0n) is 30.6. The first-order chi connectivity index (χ1) is 26.2. The number of carbonyl (C=O) groups excluding carboxylic acids is 3. The van der Waals surface area contributed by atoms with Crippen molar-refractivity contribution in [2.75, 3.05) is 18.5 Å². The molecule has 0 aromatic heterocycles. The van der Waals surface area contributed by atoms with E-state index >= 15 is 0 Å². The van der Waals surface area contributed by atoms with Gasteiger partial charge < -0.3 is 30.0 Å². The number of nitrogens with one attached hydrogen (secondary N) is 2. The smallest absolute Gasteiger partial charge is 0.343 e. The largest absolute Gasteiger partial charge is 0.494 e. The summed E-state index contributed by atoms with van der Waals surface area (Å²) in [5, 5.41) is 13.6. The third-order valence-electron chi connectivity index (χ3n) is 7.94. The third kappa shape index (κ3) is 14.7. The Morgan fingerprint density at radius 2 is 1.22 bits per heavy atom. The minimum absolute atomic E-state index is 0.187. The molecule has 5 aromatic rings. The summed E-state index contributed by atoms with van der Waals surface area (Å²) >= 11 is 0. The van der Waals surface area contributed by atoms with Crippen LogP contribution < -0.4 is 24.8 Å². The summed E-state index contributed by atoms with van der Waals surface area (Å²) in [6, 6.07) is 37.4. The molecule has 0 radical (unpaired) electrons. The number of ether oxygens (including phenoxy) is 3. The minimum atomic E-state index is -1.12. The quantitative estimate of drug-likeness (QED) is 0.0489. The normalized spacial score (nSPS) is 10.3. The van der Waals surface area contributed by atoms with Gasteiger partial charge in [0, 0.05) is 11.3 Å². The number of carbonyl (C=O) groups is 4. The molecule has 5 rings (SSSR count). The molecule has 54 heavy (non-hydrogen) atoms. The van der Waals surface area contributed by atoms with Crippen molar-refractivity contribution >= 4 is 29.4 Å². The van der Waals surface area contributed by atoms with Gasteiger partial charge in [-0.3, -0.25) is 14.4 Å². The Bertz CT molecular complexity index is 1910. The van der Waals surface area contributed by atoms with Gasteiger partial charge in [0.05, 0.1) is 18.6 Å². The number of unbranched alkanes of at least 4 members (excludes halogenated alkanes) is 4. The molecule has 5 aromatic carbocycles. The number of aryl methyl sites for hydroxylation is 1. The maximum Gasteiger partial charge on any atom is 0.343 e. The average molecular weight is 731 g/mol. The Morgan fingerprint density at radius 1 is 0.630 bits per heavy atom. The molecule has 0 heterocycles. The van der Waals surface area contributed by atoms with E-state index in [0.717, 1.165) is 35.7 Å². The zero-order chi connectivity index (χ0) is 38.5. The number of para-hydroxylation sites is 1. The summed E-state index contributed by atoms with van der Waals surface area (Å²) in [4.78, 5) is 46.7. The van der Waals surface area contributed by atoms with Crippen LogP contribution in [0.4, 0.5) is 5.69 Å². The number of rotatable bonds is 17. The molecular formula is C44H46N2O8. The van der Waals surface area contributed by atoms with Crippen LogP contribution in [-0.2, 0) is 16.0 Å². The van der Waals surface area contributed by atoms with Gasteiger partial charge in [-0.05, 0) is 104 Å². The highest BCUT2D eigenvalue weighted by Gasteiger charge is 2.10. The Balaban J connectivity index is 0.000000247. The molecule has 0 atom stereocenters. The van der Waals surface area contributed by atoms with Gasteiger partial charge in [0.25, 0.3) is 5.91 Å². The van der Waals surface area contributed by atoms with Crippen LogP contribution in [0.1, 0.15) is 70.9 Å². The molecule has 280 valence electrons. The molecule has 0 bridgehead atoms. The van der Waals surface area contributed by atoms with E-state index in [0.29, 0.717) is 28.3 Å². The maximum atomic E-state index is 12.3. The van der Waals surface area contributed by atoms with Crippen molar-refractivity contribution in [1.82, 2.24) is 5.32 Å². The first kappa shape index (κ1) is 40.4. The molecular weight excluding hydrogens is 684 g/mol. The molecule has 0 aliphatic heterocycles. The second-order valence-corrected chi connectivity index (χ2v) is 12.4. The molecule has 0 fully saturated rings. The number of esters is 1. The first-order valence-corrected chi connectivity index (χ1v) is 17.9. The SMILES string of the molecule is CCCCCCCOc1ccc(C(=O)Oc2ccc(C)cc2)cc1.O=C(O)CNC(=O)c1ccc(NC(=O)Cc2ccc(Oc3ccccc3)cc2)cc1. The molecule has 0 saturated heterocycles. The number of hydrogen-bond acceptors (Lipinski definition) is 7. The van der Waals surface area contributed by atoms with Crippen molar-refractivity contribution in [3.63, 3.8) is 0 Å². The highest BCUT2D eigenvalue weighted by molar-refractivity contribution is 5.97. The van der Waals surface area contributed by atoms with E-state index in [4.69, 9.17) is 19.3 Å². The summed E-state index contributed by atoms with van der Waals surface area (Å²) in [5.74, 6) is 0.598. The molecule has 2 amide bonds. The molecule has 0 aliphatic rings. The number of aliphatic carboxylic acids is 1. The van der Waals surface area contributed by atoms with Crippen molar-refractivity contribution in [3.8, 4) is 23.0 Å². The maximum absolute atomic E-state index is 12.3. The van der Waals surface area contributed by atoms with Crippen LogP contribution in [-0.4, -0.2) is 42.0 Å². The number of anilines is 1. The predicted octanol–water partition coefficient (Wildman–Crippen LogP) is 9.04. The topological polar surface area (TPSA) is 140 Å². The number of amides is 2. The number of carboxylic acids is 1. The highest BCUT2D eigenvalue weighted by Crippen LogP contribution is 2.22. The van der Waals surface area contributed by atoms with Gasteiger partial charge in [0.2, 0.25) is 5.91 Å². The van der Waals surface area contributed by atoms with Gasteiger partial charge in [-0.15, -0.1) is 0 Å². The van der Waals surface area contributed by atoms with Gasteiger partial charge >= 0.3 is 11.9 Å². The minimum Gasteiger partial charge on any atom is -0.494 e. The Morgan fingerprint density at radius 3 is 1.87 bits per heavy atom.